The maximum Gasteiger partial charge on any atom is 0.260 e. The van der Waals surface area contributed by atoms with Crippen molar-refractivity contribution in [2.24, 2.45) is 11.8 Å². The largest absolute Gasteiger partial charge is 0.484 e. The van der Waals surface area contributed by atoms with Gasteiger partial charge in [-0.2, -0.15) is 4.31 Å². The smallest absolute Gasteiger partial charge is 0.260 e. The molecule has 2 aliphatic heterocycles. The van der Waals surface area contributed by atoms with Crippen LogP contribution in [0.2, 0.25) is 0 Å². The Morgan fingerprint density at radius 2 is 1.69 bits per heavy atom. The van der Waals surface area contributed by atoms with Gasteiger partial charge in [-0.05, 0) is 48.9 Å². The van der Waals surface area contributed by atoms with Gasteiger partial charge in [0.25, 0.3) is 5.91 Å². The number of benzene rings is 1. The molecule has 3 aliphatic rings. The van der Waals surface area contributed by atoms with Gasteiger partial charge in [-0.1, -0.05) is 19.3 Å². The van der Waals surface area contributed by atoms with Crippen LogP contribution < -0.4 is 4.74 Å². The maximum atomic E-state index is 12.7. The fourth-order valence-electron chi connectivity index (χ4n) is 4.71. The van der Waals surface area contributed by atoms with Gasteiger partial charge in [-0.25, -0.2) is 8.42 Å². The van der Waals surface area contributed by atoms with Crippen molar-refractivity contribution in [3.05, 3.63) is 24.3 Å². The summed E-state index contributed by atoms with van der Waals surface area (Å²) < 4.78 is 37.6. The molecule has 0 unspecified atom stereocenters. The van der Waals surface area contributed by atoms with Gasteiger partial charge in [0.1, 0.15) is 5.75 Å². The lowest BCUT2D eigenvalue weighted by Gasteiger charge is -2.41. The Morgan fingerprint density at radius 1 is 1.00 bits per heavy atom. The van der Waals surface area contributed by atoms with Crippen molar-refractivity contribution in [3.63, 3.8) is 0 Å². The summed E-state index contributed by atoms with van der Waals surface area (Å²) in [5, 5.41) is 0. The monoisotopic (exact) mass is 422 g/mol. The normalized spacial score (nSPS) is 26.0. The molecule has 0 N–H and O–H groups in total. The van der Waals surface area contributed by atoms with Gasteiger partial charge in [-0.15, -0.1) is 0 Å². The molecule has 8 heteroatoms. The van der Waals surface area contributed by atoms with Crippen LogP contribution in [-0.4, -0.2) is 69.5 Å². The summed E-state index contributed by atoms with van der Waals surface area (Å²) in [6.07, 6.45) is 6.25. The zero-order valence-corrected chi connectivity index (χ0v) is 17.6. The number of sulfonamides is 1. The first-order valence-corrected chi connectivity index (χ1v) is 12.1. The summed E-state index contributed by atoms with van der Waals surface area (Å²) in [6.45, 7) is 3.23. The quantitative estimate of drug-likeness (QED) is 0.727. The highest BCUT2D eigenvalue weighted by atomic mass is 32.2. The molecule has 0 radical (unpaired) electrons. The SMILES string of the molecule is O=C(COc1ccc(S(=O)(=O)N2CCOCC2)cc1)N1CC[C@@H]2CCCC[C@@H]2C1. The predicted molar refractivity (Wildman–Crippen MR) is 108 cm³/mol. The molecule has 0 aromatic heterocycles. The fourth-order valence-corrected chi connectivity index (χ4v) is 6.12. The Hall–Kier alpha value is -1.64. The van der Waals surface area contributed by atoms with Gasteiger partial charge in [0.05, 0.1) is 18.1 Å². The van der Waals surface area contributed by atoms with Crippen LogP contribution in [0, 0.1) is 11.8 Å². The number of amides is 1. The minimum atomic E-state index is -3.52. The predicted octanol–water partition coefficient (Wildman–Crippen LogP) is 2.12. The number of piperidine rings is 1. The van der Waals surface area contributed by atoms with Gasteiger partial charge < -0.3 is 14.4 Å². The number of hydrogen-bond donors (Lipinski definition) is 0. The zero-order chi connectivity index (χ0) is 20.3. The summed E-state index contributed by atoms with van der Waals surface area (Å²) >= 11 is 0. The Kier molecular flexibility index (Phi) is 6.41. The summed E-state index contributed by atoms with van der Waals surface area (Å²) in [5.41, 5.74) is 0. The first-order chi connectivity index (χ1) is 14.0. The molecule has 0 spiro atoms. The third kappa shape index (κ3) is 4.75. The topological polar surface area (TPSA) is 76.2 Å². The van der Waals surface area contributed by atoms with Crippen LogP contribution in [0.1, 0.15) is 32.1 Å². The zero-order valence-electron chi connectivity index (χ0n) is 16.8. The van der Waals surface area contributed by atoms with Crippen LogP contribution >= 0.6 is 0 Å². The highest BCUT2D eigenvalue weighted by Crippen LogP contribution is 2.36. The average Bonchev–Trinajstić information content (AvgIpc) is 2.78. The van der Waals surface area contributed by atoms with E-state index in [2.05, 4.69) is 0 Å². The van der Waals surface area contributed by atoms with E-state index in [-0.39, 0.29) is 17.4 Å². The van der Waals surface area contributed by atoms with Gasteiger partial charge in [-0.3, -0.25) is 4.79 Å². The second-order valence-corrected chi connectivity index (χ2v) is 10.1. The second kappa shape index (κ2) is 9.02. The summed E-state index contributed by atoms with van der Waals surface area (Å²) in [4.78, 5) is 14.7. The molecule has 1 aromatic rings. The Morgan fingerprint density at radius 3 is 2.41 bits per heavy atom. The fraction of sp³-hybridized carbons (Fsp3) is 0.667. The van der Waals surface area contributed by atoms with E-state index in [4.69, 9.17) is 9.47 Å². The van der Waals surface area contributed by atoms with Gasteiger partial charge in [0, 0.05) is 26.2 Å². The molecule has 2 saturated heterocycles. The van der Waals surface area contributed by atoms with Crippen LogP contribution in [-0.2, 0) is 19.6 Å². The van der Waals surface area contributed by atoms with E-state index in [1.54, 1.807) is 12.1 Å². The molecule has 160 valence electrons. The molecule has 1 aliphatic carbocycles. The first kappa shape index (κ1) is 20.6. The van der Waals surface area contributed by atoms with Crippen LogP contribution in [0.4, 0.5) is 0 Å². The standard InChI is InChI=1S/C21H30N2O5S/c24-21(22-10-9-17-3-1-2-4-18(17)15-22)16-28-19-5-7-20(8-6-19)29(25,26)23-11-13-27-14-12-23/h5-8,17-18H,1-4,9-16H2/t17-,18+/m0/s1. The Balaban J connectivity index is 1.30. The summed E-state index contributed by atoms with van der Waals surface area (Å²) in [7, 11) is -3.52. The molecule has 29 heavy (non-hydrogen) atoms. The van der Waals surface area contributed by atoms with Crippen molar-refractivity contribution < 1.29 is 22.7 Å². The number of ether oxygens (including phenoxy) is 2. The van der Waals surface area contributed by atoms with Crippen molar-refractivity contribution in [3.8, 4) is 5.75 Å². The molecule has 3 fully saturated rings. The second-order valence-electron chi connectivity index (χ2n) is 8.21. The van der Waals surface area contributed by atoms with Gasteiger partial charge >= 0.3 is 0 Å². The van der Waals surface area contributed by atoms with E-state index in [9.17, 15) is 13.2 Å². The lowest BCUT2D eigenvalue weighted by molar-refractivity contribution is -0.136. The molecule has 4 rings (SSSR count). The van der Waals surface area contributed by atoms with Crippen molar-refractivity contribution in [1.82, 2.24) is 9.21 Å². The molecular weight excluding hydrogens is 392 g/mol. The van der Waals surface area contributed by atoms with Crippen LogP contribution in [0.5, 0.6) is 5.75 Å². The van der Waals surface area contributed by atoms with E-state index in [0.717, 1.165) is 25.4 Å². The van der Waals surface area contributed by atoms with E-state index < -0.39 is 10.0 Å². The van der Waals surface area contributed by atoms with E-state index >= 15 is 0 Å². The third-order valence-electron chi connectivity index (χ3n) is 6.44. The Labute approximate surface area is 173 Å². The molecule has 1 saturated carbocycles. The highest BCUT2D eigenvalue weighted by Gasteiger charge is 2.33. The molecule has 2 atom stereocenters. The van der Waals surface area contributed by atoms with Crippen LogP contribution in [0.3, 0.4) is 0 Å². The number of hydrogen-bond acceptors (Lipinski definition) is 5. The number of carbonyl (C=O) groups excluding carboxylic acids is 1. The number of carbonyl (C=O) groups is 1. The van der Waals surface area contributed by atoms with Gasteiger partial charge in [0.2, 0.25) is 10.0 Å². The minimum absolute atomic E-state index is 0.00700. The first-order valence-electron chi connectivity index (χ1n) is 10.6. The van der Waals surface area contributed by atoms with E-state index in [1.807, 2.05) is 4.90 Å². The number of likely N-dealkylation sites (tertiary alicyclic amines) is 1. The number of morpholine rings is 1. The molecule has 0 bridgehead atoms. The van der Waals surface area contributed by atoms with E-state index in [0.29, 0.717) is 38.0 Å². The maximum absolute atomic E-state index is 12.7. The van der Waals surface area contributed by atoms with E-state index in [1.165, 1.54) is 42.1 Å². The van der Waals surface area contributed by atoms with Crippen molar-refractivity contribution in [2.45, 2.75) is 37.0 Å². The van der Waals surface area contributed by atoms with Gasteiger partial charge in [0.15, 0.2) is 6.61 Å². The lowest BCUT2D eigenvalue weighted by atomic mass is 9.75. The van der Waals surface area contributed by atoms with Crippen molar-refractivity contribution >= 4 is 15.9 Å². The van der Waals surface area contributed by atoms with Crippen LogP contribution in [0.25, 0.3) is 0 Å². The lowest BCUT2D eigenvalue weighted by Crippen LogP contribution is -2.46. The molecule has 7 nitrogen and oxygen atoms in total. The molecule has 2 heterocycles. The third-order valence-corrected chi connectivity index (χ3v) is 8.35. The summed E-state index contributed by atoms with van der Waals surface area (Å²) in [5.74, 6) is 1.95. The summed E-state index contributed by atoms with van der Waals surface area (Å²) in [6, 6.07) is 6.32. The molecule has 1 aromatic carbocycles. The minimum Gasteiger partial charge on any atom is -0.484 e. The highest BCUT2D eigenvalue weighted by molar-refractivity contribution is 7.89. The number of nitrogens with zero attached hydrogens (tertiary/aromatic N) is 2. The average molecular weight is 423 g/mol. The van der Waals surface area contributed by atoms with Crippen LogP contribution in [0.15, 0.2) is 29.2 Å². The van der Waals surface area contributed by atoms with Crippen molar-refractivity contribution in [2.75, 3.05) is 46.0 Å². The number of fused-ring (bicyclic) bond motifs is 1. The van der Waals surface area contributed by atoms with Crippen molar-refractivity contribution in [1.29, 1.82) is 0 Å². The number of rotatable bonds is 5. The molecule has 1 amide bonds. The molecular formula is C21H30N2O5S. The Bertz CT molecular complexity index is 805.